The van der Waals surface area contributed by atoms with Crippen LogP contribution in [0.3, 0.4) is 0 Å². The topological polar surface area (TPSA) is 102 Å². The standard InChI is InChI=1S/C13H23NO6/c1-12(2,3)19-10(17)8(7-9(15)16)14-11(18)20-13(4,5)6/h8H,7H2,1-6H3,(H,14,18)(H,15,16)/t8-/m1/s1. The highest BCUT2D eigenvalue weighted by molar-refractivity contribution is 5.86. The van der Waals surface area contributed by atoms with E-state index >= 15 is 0 Å². The molecule has 0 bridgehead atoms. The van der Waals surface area contributed by atoms with Gasteiger partial charge in [-0.3, -0.25) is 4.79 Å². The summed E-state index contributed by atoms with van der Waals surface area (Å²) in [7, 11) is 0. The highest BCUT2D eigenvalue weighted by Gasteiger charge is 2.30. The van der Waals surface area contributed by atoms with Gasteiger partial charge in [-0.2, -0.15) is 0 Å². The highest BCUT2D eigenvalue weighted by Crippen LogP contribution is 2.11. The minimum Gasteiger partial charge on any atom is -0.481 e. The van der Waals surface area contributed by atoms with Crippen LogP contribution in [0.2, 0.25) is 0 Å². The summed E-state index contributed by atoms with van der Waals surface area (Å²) >= 11 is 0. The number of carboxylic acids is 1. The molecule has 7 nitrogen and oxygen atoms in total. The van der Waals surface area contributed by atoms with Crippen molar-refractivity contribution in [1.29, 1.82) is 0 Å². The Morgan fingerprint density at radius 3 is 1.80 bits per heavy atom. The molecule has 0 aromatic rings. The van der Waals surface area contributed by atoms with Crippen LogP contribution in [0.5, 0.6) is 0 Å². The van der Waals surface area contributed by atoms with Gasteiger partial charge in [-0.05, 0) is 41.5 Å². The number of rotatable bonds is 4. The van der Waals surface area contributed by atoms with Gasteiger partial charge < -0.3 is 19.9 Å². The van der Waals surface area contributed by atoms with E-state index in [2.05, 4.69) is 5.32 Å². The molecule has 116 valence electrons. The zero-order valence-corrected chi connectivity index (χ0v) is 12.8. The van der Waals surface area contributed by atoms with E-state index in [1.807, 2.05) is 0 Å². The van der Waals surface area contributed by atoms with Gasteiger partial charge in [-0.25, -0.2) is 9.59 Å². The molecule has 1 atom stereocenters. The zero-order valence-electron chi connectivity index (χ0n) is 12.8. The highest BCUT2D eigenvalue weighted by atomic mass is 16.6. The number of carbonyl (C=O) groups excluding carboxylic acids is 2. The second-order valence-electron chi connectivity index (χ2n) is 6.33. The predicted octanol–water partition coefficient (Wildman–Crippen LogP) is 1.70. The van der Waals surface area contributed by atoms with Crippen molar-refractivity contribution in [2.75, 3.05) is 0 Å². The Labute approximate surface area is 118 Å². The Morgan fingerprint density at radius 1 is 1.00 bits per heavy atom. The molecule has 0 aromatic heterocycles. The molecule has 0 aliphatic rings. The Hall–Kier alpha value is -1.79. The summed E-state index contributed by atoms with van der Waals surface area (Å²) in [4.78, 5) is 34.2. The average molecular weight is 289 g/mol. The van der Waals surface area contributed by atoms with Crippen LogP contribution < -0.4 is 5.32 Å². The molecule has 0 aliphatic heterocycles. The molecule has 0 aliphatic carbocycles. The first-order valence-corrected chi connectivity index (χ1v) is 6.24. The number of aliphatic carboxylic acids is 1. The van der Waals surface area contributed by atoms with Gasteiger partial charge >= 0.3 is 18.0 Å². The van der Waals surface area contributed by atoms with E-state index in [1.54, 1.807) is 41.5 Å². The van der Waals surface area contributed by atoms with Gasteiger partial charge in [0.25, 0.3) is 0 Å². The minimum absolute atomic E-state index is 0.575. The van der Waals surface area contributed by atoms with Crippen LogP contribution in [0.4, 0.5) is 4.79 Å². The third-order valence-electron chi connectivity index (χ3n) is 1.76. The molecule has 0 saturated carbocycles. The van der Waals surface area contributed by atoms with Gasteiger partial charge in [0.05, 0.1) is 6.42 Å². The van der Waals surface area contributed by atoms with Gasteiger partial charge in [0.2, 0.25) is 0 Å². The summed E-state index contributed by atoms with van der Waals surface area (Å²) in [6.07, 6.45) is -1.44. The normalized spacial score (nSPS) is 13.3. The molecule has 0 radical (unpaired) electrons. The smallest absolute Gasteiger partial charge is 0.408 e. The molecule has 0 rings (SSSR count). The van der Waals surface area contributed by atoms with Crippen LogP contribution >= 0.6 is 0 Å². The number of hydrogen-bond donors (Lipinski definition) is 2. The Kier molecular flexibility index (Phi) is 5.99. The summed E-state index contributed by atoms with van der Waals surface area (Å²) in [6, 6.07) is -1.29. The third-order valence-corrected chi connectivity index (χ3v) is 1.76. The quantitative estimate of drug-likeness (QED) is 0.764. The zero-order chi connectivity index (χ0) is 16.1. The second-order valence-corrected chi connectivity index (χ2v) is 6.33. The molecule has 0 saturated heterocycles. The molecule has 0 heterocycles. The van der Waals surface area contributed by atoms with E-state index in [1.165, 1.54) is 0 Å². The molecule has 1 amide bonds. The first kappa shape index (κ1) is 18.2. The van der Waals surface area contributed by atoms with Gasteiger partial charge in [0.1, 0.15) is 17.2 Å². The van der Waals surface area contributed by atoms with Crippen LogP contribution in [-0.2, 0) is 19.1 Å². The molecule has 0 spiro atoms. The lowest BCUT2D eigenvalue weighted by Gasteiger charge is -2.25. The van der Waals surface area contributed by atoms with Crippen molar-refractivity contribution in [1.82, 2.24) is 5.32 Å². The number of alkyl carbamates (subject to hydrolysis) is 1. The lowest BCUT2D eigenvalue weighted by Crippen LogP contribution is -2.47. The average Bonchev–Trinajstić information content (AvgIpc) is 2.09. The monoisotopic (exact) mass is 289 g/mol. The van der Waals surface area contributed by atoms with Gasteiger partial charge in [0, 0.05) is 0 Å². The Morgan fingerprint density at radius 2 is 1.45 bits per heavy atom. The molecule has 0 unspecified atom stereocenters. The molecule has 20 heavy (non-hydrogen) atoms. The SMILES string of the molecule is CC(C)(C)OC(=O)N[C@H](CC(=O)O)C(=O)OC(C)(C)C. The summed E-state index contributed by atoms with van der Waals surface area (Å²) < 4.78 is 10.0. The van der Waals surface area contributed by atoms with E-state index in [-0.39, 0.29) is 0 Å². The van der Waals surface area contributed by atoms with Gasteiger partial charge in [0.15, 0.2) is 0 Å². The maximum atomic E-state index is 11.8. The maximum absolute atomic E-state index is 11.8. The fraction of sp³-hybridized carbons (Fsp3) is 0.769. The van der Waals surface area contributed by atoms with Crippen molar-refractivity contribution >= 4 is 18.0 Å². The molecular weight excluding hydrogens is 266 g/mol. The summed E-state index contributed by atoms with van der Waals surface area (Å²) in [6.45, 7) is 9.92. The number of carboxylic acid groups (broad SMARTS) is 1. The number of hydrogen-bond acceptors (Lipinski definition) is 5. The molecular formula is C13H23NO6. The minimum atomic E-state index is -1.29. The summed E-state index contributed by atoms with van der Waals surface area (Å²) in [5.41, 5.74) is -1.52. The number of amides is 1. The maximum Gasteiger partial charge on any atom is 0.408 e. The molecule has 0 aromatic carbocycles. The largest absolute Gasteiger partial charge is 0.481 e. The molecule has 7 heteroatoms. The van der Waals surface area contributed by atoms with E-state index in [0.29, 0.717) is 0 Å². The van der Waals surface area contributed by atoms with Crippen molar-refractivity contribution in [2.45, 2.75) is 65.2 Å². The van der Waals surface area contributed by atoms with Gasteiger partial charge in [-0.15, -0.1) is 0 Å². The Balaban J connectivity index is 4.77. The van der Waals surface area contributed by atoms with E-state index in [9.17, 15) is 14.4 Å². The van der Waals surface area contributed by atoms with E-state index in [0.717, 1.165) is 0 Å². The van der Waals surface area contributed by atoms with Crippen molar-refractivity contribution in [3.05, 3.63) is 0 Å². The molecule has 0 fully saturated rings. The number of ether oxygens (including phenoxy) is 2. The van der Waals surface area contributed by atoms with Crippen LogP contribution in [-0.4, -0.2) is 40.4 Å². The van der Waals surface area contributed by atoms with Crippen molar-refractivity contribution in [3.8, 4) is 0 Å². The van der Waals surface area contributed by atoms with Crippen LogP contribution in [0.1, 0.15) is 48.0 Å². The van der Waals surface area contributed by atoms with E-state index in [4.69, 9.17) is 14.6 Å². The van der Waals surface area contributed by atoms with Crippen molar-refractivity contribution in [2.24, 2.45) is 0 Å². The number of carbonyl (C=O) groups is 3. The van der Waals surface area contributed by atoms with Crippen LogP contribution in [0.15, 0.2) is 0 Å². The van der Waals surface area contributed by atoms with Crippen molar-refractivity contribution in [3.63, 3.8) is 0 Å². The first-order valence-electron chi connectivity index (χ1n) is 6.24. The first-order chi connectivity index (χ1) is 8.80. The fourth-order valence-corrected chi connectivity index (χ4v) is 1.19. The van der Waals surface area contributed by atoms with Crippen molar-refractivity contribution < 1.29 is 29.0 Å². The van der Waals surface area contributed by atoms with Crippen LogP contribution in [0, 0.1) is 0 Å². The van der Waals surface area contributed by atoms with Gasteiger partial charge in [-0.1, -0.05) is 0 Å². The summed E-state index contributed by atoms with van der Waals surface area (Å²) in [5.74, 6) is -2.04. The lowest BCUT2D eigenvalue weighted by atomic mass is 10.1. The summed E-state index contributed by atoms with van der Waals surface area (Å²) in [5, 5.41) is 11.0. The number of nitrogens with one attached hydrogen (secondary N) is 1. The lowest BCUT2D eigenvalue weighted by molar-refractivity contribution is -0.160. The van der Waals surface area contributed by atoms with Crippen LogP contribution in [0.25, 0.3) is 0 Å². The fourth-order valence-electron chi connectivity index (χ4n) is 1.19. The predicted molar refractivity (Wildman–Crippen MR) is 71.3 cm³/mol. The second kappa shape index (κ2) is 6.58. The third kappa shape index (κ3) is 9.18. The number of esters is 1. The van der Waals surface area contributed by atoms with E-state index < -0.39 is 41.7 Å². The molecule has 2 N–H and O–H groups in total. The Bertz CT molecular complexity index is 377.